The Balaban J connectivity index is 3.60. The van der Waals surface area contributed by atoms with E-state index < -0.39 is 22.5 Å². The number of halogens is 1. The Labute approximate surface area is 41.4 Å². The molecule has 0 rings (SSSR count). The Morgan fingerprint density at radius 1 is 1.57 bits per heavy atom. The van der Waals surface area contributed by atoms with E-state index in [2.05, 4.69) is 0 Å². The molecule has 1 N–H and O–H groups in total. The summed E-state index contributed by atoms with van der Waals surface area (Å²) in [5.41, 5.74) is 0. The minimum atomic E-state index is -3.80. The second-order valence-electron chi connectivity index (χ2n) is 1.01. The molecule has 0 saturated carbocycles. The van der Waals surface area contributed by atoms with Crippen LogP contribution in [0.2, 0.25) is 0 Å². The van der Waals surface area contributed by atoms with Crippen LogP contribution < -0.4 is 5.14 Å². The topological polar surface area (TPSA) is 57.9 Å². The predicted molar refractivity (Wildman–Crippen MR) is 22.9 cm³/mol. The van der Waals surface area contributed by atoms with Crippen LogP contribution in [0.4, 0.5) is 4.39 Å². The summed E-state index contributed by atoms with van der Waals surface area (Å²) in [7, 11) is -3.80. The fraction of sp³-hybridized carbons (Fsp3) is 1.00. The Morgan fingerprint density at radius 3 is 2.00 bits per heavy atom. The van der Waals surface area contributed by atoms with E-state index in [1.165, 1.54) is 0 Å². The van der Waals surface area contributed by atoms with E-state index in [1.807, 2.05) is 0 Å². The average Bonchev–Trinajstić information content (AvgIpc) is 1.30. The number of hydrogen-bond acceptors (Lipinski definition) is 2. The van der Waals surface area contributed by atoms with Gasteiger partial charge in [0.1, 0.15) is 6.67 Å². The van der Waals surface area contributed by atoms with Gasteiger partial charge in [0.2, 0.25) is 10.0 Å². The summed E-state index contributed by atoms with van der Waals surface area (Å²) in [6, 6.07) is 0. The van der Waals surface area contributed by atoms with Gasteiger partial charge >= 0.3 is 0 Å². The van der Waals surface area contributed by atoms with Crippen molar-refractivity contribution in [2.24, 2.45) is 0 Å². The molecular weight excluding hydrogens is 121 g/mol. The Kier molecular flexibility index (Phi) is 2.17. The minimum absolute atomic E-state index is 0.688. The van der Waals surface area contributed by atoms with Gasteiger partial charge in [0.05, 0.1) is 5.75 Å². The van der Waals surface area contributed by atoms with Crippen molar-refractivity contribution in [2.75, 3.05) is 12.4 Å². The lowest BCUT2D eigenvalue weighted by molar-refractivity contribution is 0.517. The monoisotopic (exact) mass is 126 g/mol. The van der Waals surface area contributed by atoms with Crippen LogP contribution in [0.1, 0.15) is 0 Å². The Hall–Kier alpha value is -0.160. The van der Waals surface area contributed by atoms with Crippen LogP contribution in [-0.4, -0.2) is 20.8 Å². The number of rotatable bonds is 2. The molecule has 0 aromatic heterocycles. The van der Waals surface area contributed by atoms with Crippen LogP contribution in [0, 0.1) is 0 Å². The van der Waals surface area contributed by atoms with Gasteiger partial charge in [-0.3, -0.25) is 0 Å². The number of alkyl halides is 1. The van der Waals surface area contributed by atoms with Crippen molar-refractivity contribution in [3.63, 3.8) is 0 Å². The lowest BCUT2D eigenvalue weighted by Gasteiger charge is -1.83. The van der Waals surface area contributed by atoms with Crippen LogP contribution in [-0.2, 0) is 10.0 Å². The first kappa shape index (κ1) is 6.84. The van der Waals surface area contributed by atoms with Crippen molar-refractivity contribution in [1.82, 2.24) is 5.14 Å². The maximum atomic E-state index is 11.0. The van der Waals surface area contributed by atoms with Gasteiger partial charge in [-0.2, -0.15) is 0 Å². The molecule has 0 amide bonds. The molecule has 43 valence electrons. The van der Waals surface area contributed by atoms with Crippen LogP contribution >= 0.6 is 0 Å². The maximum absolute atomic E-state index is 11.0. The number of nitrogens with one attached hydrogen (secondary N) is 1. The normalized spacial score (nSPS) is 11.7. The molecule has 0 unspecified atom stereocenters. The summed E-state index contributed by atoms with van der Waals surface area (Å²) in [4.78, 5) is 0. The van der Waals surface area contributed by atoms with Crippen molar-refractivity contribution < 1.29 is 12.8 Å². The third kappa shape index (κ3) is 5.84. The lowest BCUT2D eigenvalue weighted by Crippen LogP contribution is -2.06. The molecule has 0 bridgehead atoms. The quantitative estimate of drug-likeness (QED) is 0.504. The standard InChI is InChI=1S/C2H5FNO2S/c3-1-2-7(4,5)6/h4H,1-2H2. The summed E-state index contributed by atoms with van der Waals surface area (Å²) in [6.07, 6.45) is 0. The zero-order valence-electron chi connectivity index (χ0n) is 3.52. The highest BCUT2D eigenvalue weighted by Gasteiger charge is 1.99. The number of hydrogen-bond donors (Lipinski definition) is 0. The molecule has 0 fully saturated rings. The maximum Gasteiger partial charge on any atom is 0.227 e. The molecule has 7 heavy (non-hydrogen) atoms. The van der Waals surface area contributed by atoms with Crippen molar-refractivity contribution in [3.8, 4) is 0 Å². The molecule has 0 aliphatic carbocycles. The van der Waals surface area contributed by atoms with Crippen molar-refractivity contribution in [1.29, 1.82) is 0 Å². The molecule has 5 heteroatoms. The van der Waals surface area contributed by atoms with Crippen molar-refractivity contribution >= 4 is 10.0 Å². The zero-order valence-corrected chi connectivity index (χ0v) is 4.33. The molecular formula is C2H5FNO2S. The van der Waals surface area contributed by atoms with E-state index in [9.17, 15) is 12.8 Å². The van der Waals surface area contributed by atoms with Gasteiger partial charge in [-0.25, -0.2) is 12.8 Å². The molecule has 0 atom stereocenters. The SMILES string of the molecule is [NH]S(=O)(=O)CCF. The molecule has 0 aromatic carbocycles. The first-order valence-corrected chi connectivity index (χ1v) is 3.25. The van der Waals surface area contributed by atoms with Crippen LogP contribution in [0.15, 0.2) is 0 Å². The van der Waals surface area contributed by atoms with Crippen LogP contribution in [0.5, 0.6) is 0 Å². The summed E-state index contributed by atoms with van der Waals surface area (Å²) < 4.78 is 30.3. The van der Waals surface area contributed by atoms with Crippen molar-refractivity contribution in [2.45, 2.75) is 0 Å². The molecule has 1 radical (unpaired) electrons. The molecule has 0 aromatic rings. The summed E-state index contributed by atoms with van der Waals surface area (Å²) in [6.45, 7) is -0.966. The average molecular weight is 126 g/mol. The lowest BCUT2D eigenvalue weighted by atomic mass is 10.9. The Bertz CT molecular complexity index is 129. The largest absolute Gasteiger partial charge is 0.250 e. The molecule has 0 spiro atoms. The van der Waals surface area contributed by atoms with Gasteiger partial charge in [0.25, 0.3) is 0 Å². The van der Waals surface area contributed by atoms with Crippen LogP contribution in [0.3, 0.4) is 0 Å². The molecule has 0 aliphatic heterocycles. The minimum Gasteiger partial charge on any atom is -0.250 e. The first-order chi connectivity index (χ1) is 3.06. The fourth-order valence-electron chi connectivity index (χ4n) is 0.102. The van der Waals surface area contributed by atoms with E-state index in [0.29, 0.717) is 0 Å². The Morgan fingerprint density at radius 2 is 2.00 bits per heavy atom. The summed E-state index contributed by atoms with van der Waals surface area (Å²) in [5, 5.41) is 6.06. The van der Waals surface area contributed by atoms with Gasteiger partial charge in [0, 0.05) is 0 Å². The van der Waals surface area contributed by atoms with E-state index >= 15 is 0 Å². The molecule has 0 aliphatic rings. The van der Waals surface area contributed by atoms with Gasteiger partial charge in [-0.1, -0.05) is 0 Å². The molecule has 0 heterocycles. The van der Waals surface area contributed by atoms with Gasteiger partial charge in [-0.15, -0.1) is 5.14 Å². The third-order valence-corrected chi connectivity index (χ3v) is 1.04. The molecule has 3 nitrogen and oxygen atoms in total. The predicted octanol–water partition coefficient (Wildman–Crippen LogP) is -0.431. The summed E-state index contributed by atoms with van der Waals surface area (Å²) in [5.74, 6) is -0.688. The second-order valence-corrected chi connectivity index (χ2v) is 2.65. The smallest absolute Gasteiger partial charge is 0.227 e. The third-order valence-electron chi connectivity index (χ3n) is 0.346. The summed E-state index contributed by atoms with van der Waals surface area (Å²) >= 11 is 0. The molecule has 0 saturated heterocycles. The highest BCUT2D eigenvalue weighted by Crippen LogP contribution is 1.78. The highest BCUT2D eigenvalue weighted by molar-refractivity contribution is 7.88. The van der Waals surface area contributed by atoms with E-state index in [4.69, 9.17) is 5.14 Å². The van der Waals surface area contributed by atoms with Gasteiger partial charge < -0.3 is 0 Å². The first-order valence-electron chi connectivity index (χ1n) is 1.59. The van der Waals surface area contributed by atoms with E-state index in [-0.39, 0.29) is 0 Å². The van der Waals surface area contributed by atoms with Crippen LogP contribution in [0.25, 0.3) is 0 Å². The van der Waals surface area contributed by atoms with E-state index in [1.54, 1.807) is 0 Å². The zero-order chi connectivity index (χ0) is 5.91. The highest BCUT2D eigenvalue weighted by atomic mass is 32.2. The van der Waals surface area contributed by atoms with Gasteiger partial charge in [0.15, 0.2) is 0 Å². The fourth-order valence-corrected chi connectivity index (χ4v) is 0.305. The van der Waals surface area contributed by atoms with Gasteiger partial charge in [-0.05, 0) is 0 Å². The van der Waals surface area contributed by atoms with Crippen molar-refractivity contribution in [3.05, 3.63) is 0 Å². The second kappa shape index (κ2) is 2.23. The number of sulfonamides is 1. The van der Waals surface area contributed by atoms with E-state index in [0.717, 1.165) is 0 Å².